The zero-order chi connectivity index (χ0) is 9.90. The van der Waals surface area contributed by atoms with Crippen LogP contribution in [0.4, 0.5) is 0 Å². The first kappa shape index (κ1) is 9.84. The van der Waals surface area contributed by atoms with Crippen LogP contribution in [0.15, 0.2) is 24.0 Å². The summed E-state index contributed by atoms with van der Waals surface area (Å²) in [6, 6.07) is 0. The molecular formula is C10H14O3. The van der Waals surface area contributed by atoms with Crippen molar-refractivity contribution in [2.24, 2.45) is 5.41 Å². The van der Waals surface area contributed by atoms with E-state index in [9.17, 15) is 4.79 Å². The van der Waals surface area contributed by atoms with E-state index < -0.39 is 5.97 Å². The van der Waals surface area contributed by atoms with Gasteiger partial charge in [-0.05, 0) is 30.4 Å². The van der Waals surface area contributed by atoms with Gasteiger partial charge in [0, 0.05) is 6.42 Å². The van der Waals surface area contributed by atoms with E-state index in [2.05, 4.69) is 0 Å². The highest BCUT2D eigenvalue weighted by Crippen LogP contribution is 2.33. The van der Waals surface area contributed by atoms with Gasteiger partial charge in [0.25, 0.3) is 0 Å². The summed E-state index contributed by atoms with van der Waals surface area (Å²) in [5.41, 5.74) is -0.107. The number of allylic oxidation sites excluding steroid dienone is 3. The molecule has 0 spiro atoms. The lowest BCUT2D eigenvalue weighted by molar-refractivity contribution is -0.137. The fourth-order valence-electron chi connectivity index (χ4n) is 1.34. The Morgan fingerprint density at radius 1 is 1.69 bits per heavy atom. The average molecular weight is 182 g/mol. The number of carbonyl (C=O) groups is 1. The van der Waals surface area contributed by atoms with E-state index in [-0.39, 0.29) is 17.6 Å². The van der Waals surface area contributed by atoms with E-state index in [4.69, 9.17) is 10.2 Å². The Bertz CT molecular complexity index is 265. The Labute approximate surface area is 77.4 Å². The summed E-state index contributed by atoms with van der Waals surface area (Å²) in [4.78, 5) is 10.4. The van der Waals surface area contributed by atoms with Gasteiger partial charge in [0.05, 0.1) is 0 Å². The van der Waals surface area contributed by atoms with Gasteiger partial charge in [0.15, 0.2) is 0 Å². The highest BCUT2D eigenvalue weighted by atomic mass is 16.4. The molecule has 0 aromatic carbocycles. The number of carboxylic acid groups (broad SMARTS) is 1. The van der Waals surface area contributed by atoms with Crippen molar-refractivity contribution in [3.8, 4) is 0 Å². The van der Waals surface area contributed by atoms with E-state index in [1.165, 1.54) is 0 Å². The molecule has 72 valence electrons. The summed E-state index contributed by atoms with van der Waals surface area (Å²) in [5, 5.41) is 17.6. The second kappa shape index (κ2) is 3.64. The third-order valence-electron chi connectivity index (χ3n) is 2.34. The SMILES string of the molecule is CC1(CCC(=O)O)C=CC(O)=CC1. The van der Waals surface area contributed by atoms with E-state index in [1.807, 2.05) is 13.0 Å². The van der Waals surface area contributed by atoms with Gasteiger partial charge in [-0.3, -0.25) is 4.79 Å². The molecule has 0 saturated carbocycles. The second-order valence-electron chi connectivity index (χ2n) is 3.71. The zero-order valence-electron chi connectivity index (χ0n) is 7.66. The van der Waals surface area contributed by atoms with E-state index in [1.54, 1.807) is 12.2 Å². The van der Waals surface area contributed by atoms with Crippen LogP contribution in [0.2, 0.25) is 0 Å². The van der Waals surface area contributed by atoms with Crippen LogP contribution in [-0.2, 0) is 4.79 Å². The van der Waals surface area contributed by atoms with Gasteiger partial charge in [0.2, 0.25) is 0 Å². The maximum Gasteiger partial charge on any atom is 0.303 e. The summed E-state index contributed by atoms with van der Waals surface area (Å²) in [6.45, 7) is 2.00. The van der Waals surface area contributed by atoms with Crippen LogP contribution >= 0.6 is 0 Å². The molecule has 3 heteroatoms. The summed E-state index contributed by atoms with van der Waals surface area (Å²) in [6.07, 6.45) is 6.74. The smallest absolute Gasteiger partial charge is 0.303 e. The first-order valence-electron chi connectivity index (χ1n) is 4.32. The monoisotopic (exact) mass is 182 g/mol. The predicted molar refractivity (Wildman–Crippen MR) is 49.4 cm³/mol. The van der Waals surface area contributed by atoms with Crippen LogP contribution in [0.5, 0.6) is 0 Å². The first-order chi connectivity index (χ1) is 6.02. The molecule has 0 aromatic heterocycles. The van der Waals surface area contributed by atoms with Crippen molar-refractivity contribution in [1.82, 2.24) is 0 Å². The van der Waals surface area contributed by atoms with Gasteiger partial charge >= 0.3 is 5.97 Å². The number of rotatable bonds is 3. The van der Waals surface area contributed by atoms with Crippen LogP contribution in [-0.4, -0.2) is 16.2 Å². The molecule has 0 saturated heterocycles. The maximum atomic E-state index is 10.4. The molecule has 2 N–H and O–H groups in total. The summed E-state index contributed by atoms with van der Waals surface area (Å²) in [5.74, 6) is -0.499. The fourth-order valence-corrected chi connectivity index (χ4v) is 1.34. The van der Waals surface area contributed by atoms with Gasteiger partial charge in [-0.1, -0.05) is 13.0 Å². The first-order valence-corrected chi connectivity index (χ1v) is 4.32. The molecule has 1 atom stereocenters. The summed E-state index contributed by atoms with van der Waals surface area (Å²) in [7, 11) is 0. The average Bonchev–Trinajstić information content (AvgIpc) is 2.08. The molecule has 0 fully saturated rings. The van der Waals surface area contributed by atoms with Crippen molar-refractivity contribution >= 4 is 5.97 Å². The van der Waals surface area contributed by atoms with E-state index in [0.717, 1.165) is 0 Å². The molecular weight excluding hydrogens is 168 g/mol. The summed E-state index contributed by atoms with van der Waals surface area (Å²) >= 11 is 0. The fraction of sp³-hybridized carbons (Fsp3) is 0.500. The third-order valence-corrected chi connectivity index (χ3v) is 2.34. The molecule has 0 heterocycles. The maximum absolute atomic E-state index is 10.4. The normalized spacial score (nSPS) is 27.0. The standard InChI is InChI=1S/C10H14O3/c1-10(7-4-9(12)13)5-2-8(11)3-6-10/h2-3,5,11H,4,6-7H2,1H3,(H,12,13). The number of carboxylic acids is 1. The zero-order valence-corrected chi connectivity index (χ0v) is 7.66. The van der Waals surface area contributed by atoms with Crippen LogP contribution in [0, 0.1) is 5.41 Å². The lowest BCUT2D eigenvalue weighted by atomic mass is 9.79. The minimum absolute atomic E-state index is 0.107. The number of aliphatic carboxylic acids is 1. The molecule has 0 bridgehead atoms. The number of hydrogen-bond donors (Lipinski definition) is 2. The highest BCUT2D eigenvalue weighted by molar-refractivity contribution is 5.66. The molecule has 3 nitrogen and oxygen atoms in total. The molecule has 1 rings (SSSR count). The molecule has 1 aliphatic carbocycles. The van der Waals surface area contributed by atoms with Crippen molar-refractivity contribution in [1.29, 1.82) is 0 Å². The molecule has 0 radical (unpaired) electrons. The topological polar surface area (TPSA) is 57.5 Å². The molecule has 0 amide bonds. The number of aliphatic hydroxyl groups excluding tert-OH is 1. The van der Waals surface area contributed by atoms with E-state index >= 15 is 0 Å². The molecule has 13 heavy (non-hydrogen) atoms. The molecule has 1 aliphatic rings. The minimum atomic E-state index is -0.770. The van der Waals surface area contributed by atoms with Gasteiger partial charge in [0.1, 0.15) is 5.76 Å². The van der Waals surface area contributed by atoms with Crippen molar-refractivity contribution in [3.05, 3.63) is 24.0 Å². The Morgan fingerprint density at radius 2 is 2.38 bits per heavy atom. The summed E-state index contributed by atoms with van der Waals surface area (Å²) < 4.78 is 0. The van der Waals surface area contributed by atoms with Crippen LogP contribution in [0.3, 0.4) is 0 Å². The van der Waals surface area contributed by atoms with E-state index in [0.29, 0.717) is 12.8 Å². The predicted octanol–water partition coefficient (Wildman–Crippen LogP) is 2.26. The Balaban J connectivity index is 2.50. The number of aliphatic hydroxyl groups is 1. The lowest BCUT2D eigenvalue weighted by Gasteiger charge is -2.26. The second-order valence-corrected chi connectivity index (χ2v) is 3.71. The van der Waals surface area contributed by atoms with Crippen molar-refractivity contribution in [2.75, 3.05) is 0 Å². The Kier molecular flexibility index (Phi) is 2.76. The third kappa shape index (κ3) is 2.93. The largest absolute Gasteiger partial charge is 0.508 e. The Morgan fingerprint density at radius 3 is 2.85 bits per heavy atom. The quantitative estimate of drug-likeness (QED) is 0.703. The lowest BCUT2D eigenvalue weighted by Crippen LogP contribution is -2.16. The Hall–Kier alpha value is -1.25. The van der Waals surface area contributed by atoms with Crippen LogP contribution < -0.4 is 0 Å². The molecule has 0 aromatic rings. The number of hydrogen-bond acceptors (Lipinski definition) is 2. The minimum Gasteiger partial charge on any atom is -0.508 e. The van der Waals surface area contributed by atoms with Crippen LogP contribution in [0.25, 0.3) is 0 Å². The highest BCUT2D eigenvalue weighted by Gasteiger charge is 2.23. The van der Waals surface area contributed by atoms with Gasteiger partial charge < -0.3 is 10.2 Å². The van der Waals surface area contributed by atoms with Crippen molar-refractivity contribution in [3.63, 3.8) is 0 Å². The van der Waals surface area contributed by atoms with Crippen molar-refractivity contribution < 1.29 is 15.0 Å². The van der Waals surface area contributed by atoms with Crippen LogP contribution in [0.1, 0.15) is 26.2 Å². The van der Waals surface area contributed by atoms with Crippen molar-refractivity contribution in [2.45, 2.75) is 26.2 Å². The molecule has 0 aliphatic heterocycles. The van der Waals surface area contributed by atoms with Gasteiger partial charge in [-0.2, -0.15) is 0 Å². The molecule has 1 unspecified atom stereocenters. The van der Waals surface area contributed by atoms with Gasteiger partial charge in [-0.15, -0.1) is 0 Å². The van der Waals surface area contributed by atoms with Gasteiger partial charge in [-0.25, -0.2) is 0 Å².